The summed E-state index contributed by atoms with van der Waals surface area (Å²) in [6.45, 7) is 10.2. The van der Waals surface area contributed by atoms with E-state index in [2.05, 4.69) is 20.9 Å². The topological polar surface area (TPSA) is 133 Å². The zero-order valence-corrected chi connectivity index (χ0v) is 30.2. The van der Waals surface area contributed by atoms with Crippen molar-refractivity contribution in [1.29, 1.82) is 0 Å². The Morgan fingerprint density at radius 3 is 2.25 bits per heavy atom. The number of aromatic nitrogens is 1. The lowest BCUT2D eigenvalue weighted by molar-refractivity contribution is -0.132. The number of rotatable bonds is 13. The molecular formula is C41H51N5O5. The fourth-order valence-corrected chi connectivity index (χ4v) is 6.46. The predicted molar refractivity (Wildman–Crippen MR) is 199 cm³/mol. The molecule has 10 heteroatoms. The molecule has 5 rings (SSSR count). The lowest BCUT2D eigenvalue weighted by Gasteiger charge is -2.41. The van der Waals surface area contributed by atoms with E-state index in [1.54, 1.807) is 6.07 Å². The molecule has 1 fully saturated rings. The molecule has 0 spiro atoms. The number of nitrogens with one attached hydrogen (secondary N) is 3. The zero-order valence-electron chi connectivity index (χ0n) is 30.2. The first-order valence-electron chi connectivity index (χ1n) is 17.8. The number of piperidine rings is 1. The van der Waals surface area contributed by atoms with Crippen molar-refractivity contribution in [3.63, 3.8) is 0 Å². The molecule has 51 heavy (non-hydrogen) atoms. The summed E-state index contributed by atoms with van der Waals surface area (Å²) in [5.41, 5.74) is 1.39. The van der Waals surface area contributed by atoms with E-state index in [1.807, 2.05) is 131 Å². The van der Waals surface area contributed by atoms with Gasteiger partial charge in [-0.3, -0.25) is 19.3 Å². The molecule has 4 aromatic rings. The minimum atomic E-state index is -1.03. The highest BCUT2D eigenvalue weighted by molar-refractivity contribution is 5.98. The number of ether oxygens (including phenoxy) is 1. The maximum absolute atomic E-state index is 14.0. The smallest absolute Gasteiger partial charge is 0.270 e. The monoisotopic (exact) mass is 693 g/mol. The third-order valence-corrected chi connectivity index (χ3v) is 9.09. The number of pyridine rings is 1. The number of hydrogen-bond donors (Lipinski definition) is 4. The van der Waals surface area contributed by atoms with E-state index in [1.165, 1.54) is 0 Å². The van der Waals surface area contributed by atoms with Crippen molar-refractivity contribution in [3.05, 3.63) is 108 Å². The first kappa shape index (κ1) is 37.5. The molecule has 1 aromatic heterocycles. The zero-order chi connectivity index (χ0) is 36.5. The number of amides is 3. The van der Waals surface area contributed by atoms with Crippen LogP contribution < -0.4 is 20.7 Å². The van der Waals surface area contributed by atoms with Gasteiger partial charge in [-0.05, 0) is 69.4 Å². The summed E-state index contributed by atoms with van der Waals surface area (Å²) in [6.07, 6.45) is 0.260. The number of benzene rings is 3. The molecule has 1 aliphatic heterocycles. The fourth-order valence-electron chi connectivity index (χ4n) is 6.46. The van der Waals surface area contributed by atoms with Crippen molar-refractivity contribution in [3.8, 4) is 5.75 Å². The summed E-state index contributed by atoms with van der Waals surface area (Å²) in [5.74, 6) is -0.499. The highest BCUT2D eigenvalue weighted by atomic mass is 16.5. The van der Waals surface area contributed by atoms with Gasteiger partial charge < -0.3 is 25.8 Å². The van der Waals surface area contributed by atoms with E-state index < -0.39 is 41.6 Å². The number of aliphatic hydroxyl groups is 1. The molecule has 0 aliphatic carbocycles. The van der Waals surface area contributed by atoms with Gasteiger partial charge in [-0.2, -0.15) is 0 Å². The van der Waals surface area contributed by atoms with E-state index in [4.69, 9.17) is 4.74 Å². The highest BCUT2D eigenvalue weighted by Crippen LogP contribution is 2.25. The van der Waals surface area contributed by atoms with Crippen LogP contribution in [0.3, 0.4) is 0 Å². The second kappa shape index (κ2) is 16.9. The number of likely N-dealkylation sites (tertiary alicyclic amines) is 1. The van der Waals surface area contributed by atoms with Crippen molar-refractivity contribution < 1.29 is 24.2 Å². The highest BCUT2D eigenvalue weighted by Gasteiger charge is 2.38. The van der Waals surface area contributed by atoms with Gasteiger partial charge in [0.25, 0.3) is 5.91 Å². The van der Waals surface area contributed by atoms with Crippen molar-refractivity contribution in [2.24, 2.45) is 5.92 Å². The summed E-state index contributed by atoms with van der Waals surface area (Å²) < 4.78 is 6.27. The van der Waals surface area contributed by atoms with Crippen molar-refractivity contribution in [2.45, 2.75) is 89.8 Å². The van der Waals surface area contributed by atoms with Gasteiger partial charge in [-0.25, -0.2) is 4.98 Å². The third-order valence-electron chi connectivity index (χ3n) is 9.09. The molecule has 0 radical (unpaired) electrons. The number of hydrogen-bond acceptors (Lipinski definition) is 7. The Kier molecular flexibility index (Phi) is 12.4. The quantitative estimate of drug-likeness (QED) is 0.157. The number of carbonyl (C=O) groups excluding carboxylic acids is 3. The van der Waals surface area contributed by atoms with Crippen LogP contribution in [-0.2, 0) is 16.0 Å². The van der Waals surface area contributed by atoms with E-state index in [9.17, 15) is 19.5 Å². The van der Waals surface area contributed by atoms with Gasteiger partial charge in [0.15, 0.2) is 0 Å². The summed E-state index contributed by atoms with van der Waals surface area (Å²) in [6, 6.07) is 28.1. The normalized spacial score (nSPS) is 18.4. The average molecular weight is 694 g/mol. The molecule has 3 amide bonds. The molecule has 4 unspecified atom stereocenters. The lowest BCUT2D eigenvalue weighted by atomic mass is 9.94. The molecule has 2 heterocycles. The summed E-state index contributed by atoms with van der Waals surface area (Å²) in [5, 5.41) is 21.8. The molecule has 1 aliphatic rings. The Bertz CT molecular complexity index is 1760. The Morgan fingerprint density at radius 2 is 1.57 bits per heavy atom. The van der Waals surface area contributed by atoms with Gasteiger partial charge in [-0.1, -0.05) is 86.6 Å². The SMILES string of the molecule is CC(C)[C@H](NC(=O)c1ccc2ccccc2n1)C(=O)NC(Cc1ccccc1)C(O)CN1CCC(Oc2ccccc2)CC1C(=O)NC(C)(C)C. The number of fused-ring (bicyclic) bond motifs is 1. The van der Waals surface area contributed by atoms with E-state index in [0.717, 1.165) is 16.7 Å². The van der Waals surface area contributed by atoms with Crippen LogP contribution in [-0.4, -0.2) is 81.7 Å². The number of para-hydroxylation sites is 2. The largest absolute Gasteiger partial charge is 0.490 e. The molecule has 270 valence electrons. The predicted octanol–water partition coefficient (Wildman–Crippen LogP) is 4.90. The Labute approximate surface area is 301 Å². The number of nitrogens with zero attached hydrogens (tertiary/aromatic N) is 2. The number of β-amino-alcohol motifs (C(OH)–C–C–N with tert-alkyl or cyclic N) is 1. The first-order chi connectivity index (χ1) is 24.4. The molecule has 1 saturated heterocycles. The maximum atomic E-state index is 14.0. The standard InChI is InChI=1S/C41H51N5O5/c1-27(2)37(44-38(48)33-21-20-29-16-12-13-19-32(29)42-33)40(50)43-34(24-28-14-8-6-9-15-28)36(47)26-46-23-22-31(51-30-17-10-7-11-18-30)25-35(46)39(49)45-41(3,4)5/h6-21,27,31,34-37,47H,22-26H2,1-5H3,(H,43,50)(H,44,48)(H,45,49)/t31?,34?,35?,36?,37-/m0/s1. The molecule has 4 N–H and O–H groups in total. The van der Waals surface area contributed by atoms with Gasteiger partial charge in [0.05, 0.1) is 23.7 Å². The van der Waals surface area contributed by atoms with Gasteiger partial charge in [0, 0.05) is 30.4 Å². The van der Waals surface area contributed by atoms with Crippen LogP contribution >= 0.6 is 0 Å². The average Bonchev–Trinajstić information content (AvgIpc) is 3.10. The van der Waals surface area contributed by atoms with Crippen LogP contribution in [0, 0.1) is 5.92 Å². The number of carbonyl (C=O) groups is 3. The third kappa shape index (κ3) is 10.6. The van der Waals surface area contributed by atoms with E-state index in [0.29, 0.717) is 31.3 Å². The van der Waals surface area contributed by atoms with Crippen LogP contribution in [0.2, 0.25) is 0 Å². The van der Waals surface area contributed by atoms with Crippen molar-refractivity contribution >= 4 is 28.6 Å². The minimum Gasteiger partial charge on any atom is -0.490 e. The molecule has 10 nitrogen and oxygen atoms in total. The van der Waals surface area contributed by atoms with Crippen molar-refractivity contribution in [2.75, 3.05) is 13.1 Å². The summed E-state index contributed by atoms with van der Waals surface area (Å²) >= 11 is 0. The first-order valence-corrected chi connectivity index (χ1v) is 17.8. The molecule has 3 aromatic carbocycles. The van der Waals surface area contributed by atoms with Crippen LogP contribution in [0.5, 0.6) is 5.75 Å². The molecular weight excluding hydrogens is 642 g/mol. The van der Waals surface area contributed by atoms with Gasteiger partial charge in [0.1, 0.15) is 23.6 Å². The summed E-state index contributed by atoms with van der Waals surface area (Å²) in [7, 11) is 0. The van der Waals surface area contributed by atoms with E-state index in [-0.39, 0.29) is 30.2 Å². The molecule has 5 atom stereocenters. The minimum absolute atomic E-state index is 0.135. The van der Waals surface area contributed by atoms with Crippen LogP contribution in [0.25, 0.3) is 10.9 Å². The van der Waals surface area contributed by atoms with Gasteiger partial charge >= 0.3 is 0 Å². The van der Waals surface area contributed by atoms with Crippen molar-refractivity contribution in [1.82, 2.24) is 25.8 Å². The lowest BCUT2D eigenvalue weighted by Crippen LogP contribution is -2.60. The Hall–Kier alpha value is -4.80. The van der Waals surface area contributed by atoms with Gasteiger partial charge in [-0.15, -0.1) is 0 Å². The van der Waals surface area contributed by atoms with Crippen LogP contribution in [0.4, 0.5) is 0 Å². The second-order valence-corrected chi connectivity index (χ2v) is 14.8. The maximum Gasteiger partial charge on any atom is 0.270 e. The van der Waals surface area contributed by atoms with Crippen LogP contribution in [0.1, 0.15) is 63.5 Å². The fraction of sp³-hybridized carbons (Fsp3) is 0.415. The number of aliphatic hydroxyl groups excluding tert-OH is 1. The van der Waals surface area contributed by atoms with E-state index >= 15 is 0 Å². The molecule has 0 bridgehead atoms. The van der Waals surface area contributed by atoms with Gasteiger partial charge in [0.2, 0.25) is 11.8 Å². The Balaban J connectivity index is 1.33. The Morgan fingerprint density at radius 1 is 0.902 bits per heavy atom. The second-order valence-electron chi connectivity index (χ2n) is 14.8. The molecule has 0 saturated carbocycles. The summed E-state index contributed by atoms with van der Waals surface area (Å²) in [4.78, 5) is 47.5. The van der Waals surface area contributed by atoms with Crippen LogP contribution in [0.15, 0.2) is 97.1 Å².